The summed E-state index contributed by atoms with van der Waals surface area (Å²) in [6.07, 6.45) is 2.81. The van der Waals surface area contributed by atoms with E-state index in [0.717, 1.165) is 41.6 Å². The quantitative estimate of drug-likeness (QED) is 0.850. The Morgan fingerprint density at radius 3 is 2.71 bits per heavy atom. The monoisotopic (exact) mass is 347 g/mol. The first-order valence-corrected chi connectivity index (χ1v) is 9.71. The predicted octanol–water partition coefficient (Wildman–Crippen LogP) is 1.16. The Bertz CT molecular complexity index is 886. The Morgan fingerprint density at radius 2 is 1.96 bits per heavy atom. The summed E-state index contributed by atoms with van der Waals surface area (Å²) in [7, 11) is -3.44. The number of aromatic nitrogens is 2. The molecule has 0 radical (unpaired) electrons. The van der Waals surface area contributed by atoms with Gasteiger partial charge in [0.05, 0.1) is 18.0 Å². The molecule has 2 aromatic rings. The van der Waals surface area contributed by atoms with Crippen molar-refractivity contribution in [1.82, 2.24) is 14.5 Å². The number of nitrogens with zero attached hydrogens (tertiary/aromatic N) is 2. The van der Waals surface area contributed by atoms with Gasteiger partial charge in [-0.1, -0.05) is 29.8 Å². The molecule has 0 atom stereocenters. The maximum atomic E-state index is 12.1. The van der Waals surface area contributed by atoms with Crippen molar-refractivity contribution < 1.29 is 8.42 Å². The number of hydrogen-bond donors (Lipinski definition) is 1. The van der Waals surface area contributed by atoms with Gasteiger partial charge in [-0.25, -0.2) is 17.8 Å². The fourth-order valence-corrected chi connectivity index (χ4v) is 4.00. The number of aryl methyl sites for hydroxylation is 3. The van der Waals surface area contributed by atoms with E-state index in [-0.39, 0.29) is 24.4 Å². The van der Waals surface area contributed by atoms with Crippen LogP contribution in [-0.2, 0) is 35.2 Å². The lowest BCUT2D eigenvalue weighted by atomic mass is 10.2. The van der Waals surface area contributed by atoms with Gasteiger partial charge in [0.2, 0.25) is 10.0 Å². The van der Waals surface area contributed by atoms with Crippen molar-refractivity contribution in [1.29, 1.82) is 0 Å². The van der Waals surface area contributed by atoms with Crippen LogP contribution in [0.1, 0.15) is 28.8 Å². The second kappa shape index (κ2) is 6.86. The van der Waals surface area contributed by atoms with E-state index in [0.29, 0.717) is 0 Å². The van der Waals surface area contributed by atoms with Crippen molar-refractivity contribution in [2.45, 2.75) is 38.5 Å². The lowest BCUT2D eigenvalue weighted by Crippen LogP contribution is -2.33. The number of fused-ring (bicyclic) bond motifs is 1. The lowest BCUT2D eigenvalue weighted by Gasteiger charge is -2.09. The largest absolute Gasteiger partial charge is 0.268 e. The van der Waals surface area contributed by atoms with E-state index in [4.69, 9.17) is 0 Å². The number of benzene rings is 1. The van der Waals surface area contributed by atoms with Crippen LogP contribution in [0.2, 0.25) is 0 Å². The van der Waals surface area contributed by atoms with Gasteiger partial charge in [-0.15, -0.1) is 0 Å². The molecule has 6 nitrogen and oxygen atoms in total. The molecule has 7 heteroatoms. The fourth-order valence-electron chi connectivity index (χ4n) is 2.86. The van der Waals surface area contributed by atoms with Gasteiger partial charge in [-0.2, -0.15) is 5.10 Å². The molecule has 0 saturated carbocycles. The van der Waals surface area contributed by atoms with Crippen LogP contribution in [0.25, 0.3) is 0 Å². The molecule has 1 heterocycles. The van der Waals surface area contributed by atoms with E-state index in [9.17, 15) is 13.2 Å². The number of hydrogen-bond acceptors (Lipinski definition) is 4. The van der Waals surface area contributed by atoms with Crippen molar-refractivity contribution in [3.8, 4) is 0 Å². The average Bonchev–Trinajstić information content (AvgIpc) is 2.96. The zero-order chi connectivity index (χ0) is 17.2. The van der Waals surface area contributed by atoms with Crippen molar-refractivity contribution in [2.75, 3.05) is 6.54 Å². The first kappa shape index (κ1) is 16.9. The van der Waals surface area contributed by atoms with Crippen LogP contribution in [0.4, 0.5) is 0 Å². The third-order valence-electron chi connectivity index (χ3n) is 4.15. The molecule has 0 amide bonds. The highest BCUT2D eigenvalue weighted by molar-refractivity contribution is 7.88. The molecule has 1 N–H and O–H groups in total. The predicted molar refractivity (Wildman–Crippen MR) is 92.3 cm³/mol. The van der Waals surface area contributed by atoms with Crippen LogP contribution in [0.5, 0.6) is 0 Å². The first-order valence-electron chi connectivity index (χ1n) is 8.06. The summed E-state index contributed by atoms with van der Waals surface area (Å²) in [5.74, 6) is -0.0696. The molecule has 0 spiro atoms. The van der Waals surface area contributed by atoms with Gasteiger partial charge in [0.15, 0.2) is 0 Å². The van der Waals surface area contributed by atoms with Crippen molar-refractivity contribution in [2.24, 2.45) is 0 Å². The minimum Gasteiger partial charge on any atom is -0.268 e. The summed E-state index contributed by atoms with van der Waals surface area (Å²) in [6, 6.07) is 9.01. The van der Waals surface area contributed by atoms with Gasteiger partial charge in [0.1, 0.15) is 0 Å². The number of sulfonamides is 1. The first-order chi connectivity index (χ1) is 11.4. The Balaban J connectivity index is 1.59. The van der Waals surface area contributed by atoms with Gasteiger partial charge in [0, 0.05) is 12.6 Å². The summed E-state index contributed by atoms with van der Waals surface area (Å²) in [4.78, 5) is 12.0. The molecule has 0 saturated heterocycles. The molecule has 1 aromatic heterocycles. The minimum absolute atomic E-state index is 0.0696. The van der Waals surface area contributed by atoms with Crippen LogP contribution in [-0.4, -0.2) is 24.7 Å². The minimum atomic E-state index is -3.44. The molecule has 0 bridgehead atoms. The molecular formula is C17H21N3O3S. The third kappa shape index (κ3) is 4.10. The second-order valence-electron chi connectivity index (χ2n) is 6.17. The number of rotatable bonds is 6. The Morgan fingerprint density at radius 1 is 1.21 bits per heavy atom. The summed E-state index contributed by atoms with van der Waals surface area (Å²) in [6.45, 7) is 2.34. The zero-order valence-electron chi connectivity index (χ0n) is 13.7. The van der Waals surface area contributed by atoms with Crippen molar-refractivity contribution >= 4 is 10.0 Å². The summed E-state index contributed by atoms with van der Waals surface area (Å²) >= 11 is 0. The molecule has 0 unspecified atom stereocenters. The Kier molecular flexibility index (Phi) is 4.82. The highest BCUT2D eigenvalue weighted by Gasteiger charge is 2.15. The summed E-state index contributed by atoms with van der Waals surface area (Å²) in [5.41, 5.74) is 3.63. The third-order valence-corrected chi connectivity index (χ3v) is 5.50. The van der Waals surface area contributed by atoms with Crippen LogP contribution >= 0.6 is 0 Å². The molecule has 1 aliphatic rings. The van der Waals surface area contributed by atoms with Gasteiger partial charge in [0.25, 0.3) is 5.56 Å². The topological polar surface area (TPSA) is 81.1 Å². The zero-order valence-corrected chi connectivity index (χ0v) is 14.5. The smallest absolute Gasteiger partial charge is 0.267 e. The normalized spacial score (nSPS) is 13.9. The molecular weight excluding hydrogens is 326 g/mol. The van der Waals surface area contributed by atoms with Gasteiger partial charge in [-0.05, 0) is 37.3 Å². The average molecular weight is 347 g/mol. The highest BCUT2D eigenvalue weighted by atomic mass is 32.2. The maximum absolute atomic E-state index is 12.1. The van der Waals surface area contributed by atoms with Crippen LogP contribution in [0.15, 0.2) is 35.1 Å². The molecule has 128 valence electrons. The lowest BCUT2D eigenvalue weighted by molar-refractivity contribution is 0.541. The number of nitrogens with one attached hydrogen (secondary N) is 1. The summed E-state index contributed by atoms with van der Waals surface area (Å²) in [5, 5.41) is 4.34. The standard InChI is InChI=1S/C17H21N3O3S/c1-13-5-7-14(8-6-13)12-24(22,23)18-9-10-20-17(21)11-15-3-2-4-16(15)19-20/h5-8,11,18H,2-4,9-10,12H2,1H3. The van der Waals surface area contributed by atoms with E-state index < -0.39 is 10.0 Å². The fraction of sp³-hybridized carbons (Fsp3) is 0.412. The maximum Gasteiger partial charge on any atom is 0.267 e. The Hall–Kier alpha value is -1.99. The van der Waals surface area contributed by atoms with Crippen LogP contribution < -0.4 is 10.3 Å². The van der Waals surface area contributed by atoms with Gasteiger partial charge in [-0.3, -0.25) is 4.79 Å². The Labute approximate surface area is 141 Å². The van der Waals surface area contributed by atoms with Crippen molar-refractivity contribution in [3.63, 3.8) is 0 Å². The van der Waals surface area contributed by atoms with E-state index in [1.54, 1.807) is 18.2 Å². The molecule has 0 fully saturated rings. The van der Waals surface area contributed by atoms with E-state index in [2.05, 4.69) is 9.82 Å². The van der Waals surface area contributed by atoms with Gasteiger partial charge < -0.3 is 0 Å². The molecule has 3 rings (SSSR count). The molecule has 0 aliphatic heterocycles. The van der Waals surface area contributed by atoms with Crippen LogP contribution in [0.3, 0.4) is 0 Å². The SMILES string of the molecule is Cc1ccc(CS(=O)(=O)NCCn2nc3c(cc2=O)CCC3)cc1. The van der Waals surface area contributed by atoms with Crippen molar-refractivity contribution in [3.05, 3.63) is 63.1 Å². The highest BCUT2D eigenvalue weighted by Crippen LogP contribution is 2.16. The molecule has 1 aromatic carbocycles. The molecule has 1 aliphatic carbocycles. The van der Waals surface area contributed by atoms with E-state index in [1.807, 2.05) is 19.1 Å². The van der Waals surface area contributed by atoms with Crippen LogP contribution in [0, 0.1) is 6.92 Å². The second-order valence-corrected chi connectivity index (χ2v) is 7.98. The van der Waals surface area contributed by atoms with E-state index >= 15 is 0 Å². The van der Waals surface area contributed by atoms with Gasteiger partial charge >= 0.3 is 0 Å². The van der Waals surface area contributed by atoms with E-state index in [1.165, 1.54) is 4.68 Å². The molecule has 24 heavy (non-hydrogen) atoms. The summed E-state index contributed by atoms with van der Waals surface area (Å²) < 4.78 is 28.1.